The first kappa shape index (κ1) is 19.7. The zero-order valence-electron chi connectivity index (χ0n) is 16.2. The van der Waals surface area contributed by atoms with Gasteiger partial charge in [0.25, 0.3) is 11.7 Å². The van der Waals surface area contributed by atoms with Crippen molar-refractivity contribution in [2.45, 2.75) is 20.0 Å². The van der Waals surface area contributed by atoms with Crippen molar-refractivity contribution in [1.29, 1.82) is 0 Å². The molecular weight excluding hydrogens is 482 g/mol. The number of carbonyl (C=O) groups excluding carboxylic acids is 3. The van der Waals surface area contributed by atoms with E-state index >= 15 is 0 Å². The van der Waals surface area contributed by atoms with Crippen LogP contribution < -0.4 is 4.90 Å². The molecule has 1 amide bonds. The molecule has 0 N–H and O–H groups in total. The first-order chi connectivity index (χ1) is 14.9. The number of hydrogen-bond donors (Lipinski definition) is 0. The topological polar surface area (TPSA) is 98.1 Å². The highest BCUT2D eigenvalue weighted by Gasteiger charge is 2.38. The summed E-state index contributed by atoms with van der Waals surface area (Å²) in [6.07, 6.45) is 1.60. The molecule has 0 radical (unpaired) electrons. The van der Waals surface area contributed by atoms with Crippen LogP contribution in [-0.4, -0.2) is 37.5 Å². The van der Waals surface area contributed by atoms with Crippen LogP contribution in [0.15, 0.2) is 47.1 Å². The van der Waals surface area contributed by atoms with Gasteiger partial charge in [-0.05, 0) is 46.6 Å². The lowest BCUT2D eigenvalue weighted by Gasteiger charge is -2.15. The van der Waals surface area contributed by atoms with Crippen molar-refractivity contribution in [3.8, 4) is 0 Å². The fourth-order valence-electron chi connectivity index (χ4n) is 3.46. The fraction of sp³-hybridized carbons (Fsp3) is 0.143. The summed E-state index contributed by atoms with van der Waals surface area (Å²) in [5.74, 6) is -1.33. The van der Waals surface area contributed by atoms with Gasteiger partial charge >= 0.3 is 0 Å². The van der Waals surface area contributed by atoms with Crippen LogP contribution >= 0.6 is 27.3 Å². The number of Topliss-reactive ketones (excluding diaryl/α,β-unsaturated/α-hetero) is 2. The molecule has 0 fully saturated rings. The number of carbonyl (C=O) groups is 3. The third-order valence-electron chi connectivity index (χ3n) is 5.01. The number of amides is 1. The van der Waals surface area contributed by atoms with Crippen LogP contribution in [0, 0.1) is 6.92 Å². The standard InChI is InChI=1S/C21H14BrN5O3S/c1-11-6-7-14-17(18(11)22)19(29)21(30)27(14)9-12-8-26(25-24-12)10-15(28)20-23-13-4-2-3-5-16(13)31-20/h2-8H,9-10H2,1H3. The number of rotatable bonds is 5. The predicted octanol–water partition coefficient (Wildman–Crippen LogP) is 3.57. The van der Waals surface area contributed by atoms with Crippen LogP contribution in [-0.2, 0) is 17.9 Å². The lowest BCUT2D eigenvalue weighted by atomic mass is 10.1. The molecule has 0 unspecified atom stereocenters. The maximum atomic E-state index is 12.6. The van der Waals surface area contributed by atoms with Crippen LogP contribution in [0.1, 0.15) is 31.4 Å². The Morgan fingerprint density at radius 3 is 2.77 bits per heavy atom. The second kappa shape index (κ2) is 7.47. The van der Waals surface area contributed by atoms with E-state index in [0.29, 0.717) is 26.4 Å². The Labute approximate surface area is 188 Å². The first-order valence-electron chi connectivity index (χ1n) is 9.35. The molecule has 1 aliphatic rings. The highest BCUT2D eigenvalue weighted by Crippen LogP contribution is 2.37. The van der Waals surface area contributed by atoms with Gasteiger partial charge in [0.2, 0.25) is 5.78 Å². The summed E-state index contributed by atoms with van der Waals surface area (Å²) >= 11 is 4.74. The molecule has 10 heteroatoms. The number of para-hydroxylation sites is 1. The van der Waals surface area contributed by atoms with Gasteiger partial charge in [-0.1, -0.05) is 23.4 Å². The van der Waals surface area contributed by atoms with Crippen molar-refractivity contribution in [3.05, 3.63) is 68.9 Å². The van der Waals surface area contributed by atoms with Crippen molar-refractivity contribution in [2.24, 2.45) is 0 Å². The third kappa shape index (κ3) is 3.37. The SMILES string of the molecule is Cc1ccc2c(c1Br)C(=O)C(=O)N2Cc1cn(CC(=O)c2nc3ccccc3s2)nn1. The number of benzene rings is 2. The van der Waals surface area contributed by atoms with Gasteiger partial charge in [0.15, 0.2) is 5.01 Å². The normalized spacial score (nSPS) is 13.3. The van der Waals surface area contributed by atoms with Crippen LogP contribution in [0.3, 0.4) is 0 Å². The molecule has 0 bridgehead atoms. The highest BCUT2D eigenvalue weighted by molar-refractivity contribution is 9.10. The van der Waals surface area contributed by atoms with E-state index in [2.05, 4.69) is 31.2 Å². The number of aryl methyl sites for hydroxylation is 1. The van der Waals surface area contributed by atoms with Crippen molar-refractivity contribution >= 4 is 60.6 Å². The molecule has 2 aromatic carbocycles. The van der Waals surface area contributed by atoms with E-state index in [-0.39, 0.29) is 18.9 Å². The number of fused-ring (bicyclic) bond motifs is 2. The maximum absolute atomic E-state index is 12.6. The first-order valence-corrected chi connectivity index (χ1v) is 11.0. The Morgan fingerprint density at radius 1 is 1.16 bits per heavy atom. The second-order valence-electron chi connectivity index (χ2n) is 7.13. The average molecular weight is 496 g/mol. The molecule has 3 heterocycles. The molecule has 8 nitrogen and oxygen atoms in total. The predicted molar refractivity (Wildman–Crippen MR) is 118 cm³/mol. The average Bonchev–Trinajstić information content (AvgIpc) is 3.44. The summed E-state index contributed by atoms with van der Waals surface area (Å²) in [6.45, 7) is 1.93. The molecule has 154 valence electrons. The zero-order valence-corrected chi connectivity index (χ0v) is 18.6. The molecule has 5 rings (SSSR count). The molecule has 0 aliphatic carbocycles. The van der Waals surface area contributed by atoms with Gasteiger partial charge in [-0.3, -0.25) is 19.3 Å². The van der Waals surface area contributed by atoms with Gasteiger partial charge in [0, 0.05) is 4.47 Å². The number of anilines is 1. The Hall–Kier alpha value is -3.24. The molecule has 0 spiro atoms. The molecule has 2 aromatic heterocycles. The van der Waals surface area contributed by atoms with Gasteiger partial charge in [-0.15, -0.1) is 16.4 Å². The van der Waals surface area contributed by atoms with E-state index in [0.717, 1.165) is 15.8 Å². The van der Waals surface area contributed by atoms with Crippen molar-refractivity contribution in [2.75, 3.05) is 4.90 Å². The van der Waals surface area contributed by atoms with Crippen LogP contribution in [0.5, 0.6) is 0 Å². The minimum atomic E-state index is -0.610. The third-order valence-corrected chi connectivity index (χ3v) is 7.11. The smallest absolute Gasteiger partial charge is 0.299 e. The summed E-state index contributed by atoms with van der Waals surface area (Å²) in [7, 11) is 0. The largest absolute Gasteiger partial charge is 0.299 e. The molecule has 0 atom stereocenters. The van der Waals surface area contributed by atoms with Crippen LogP contribution in [0.4, 0.5) is 5.69 Å². The highest BCUT2D eigenvalue weighted by atomic mass is 79.9. The lowest BCUT2D eigenvalue weighted by molar-refractivity contribution is -0.114. The van der Waals surface area contributed by atoms with Gasteiger partial charge in [0.05, 0.1) is 34.2 Å². The fourth-order valence-corrected chi connectivity index (χ4v) is 4.87. The number of ketones is 2. The summed E-state index contributed by atoms with van der Waals surface area (Å²) < 4.78 is 2.98. The summed E-state index contributed by atoms with van der Waals surface area (Å²) in [4.78, 5) is 43.3. The molecule has 1 aliphatic heterocycles. The number of thiazole rings is 1. The molecule has 4 aromatic rings. The number of hydrogen-bond acceptors (Lipinski definition) is 7. The van der Waals surface area contributed by atoms with Crippen molar-refractivity contribution < 1.29 is 14.4 Å². The van der Waals surface area contributed by atoms with Crippen LogP contribution in [0.25, 0.3) is 10.2 Å². The van der Waals surface area contributed by atoms with E-state index in [1.807, 2.05) is 37.3 Å². The van der Waals surface area contributed by atoms with E-state index in [1.165, 1.54) is 20.9 Å². The van der Waals surface area contributed by atoms with E-state index in [4.69, 9.17) is 0 Å². The summed E-state index contributed by atoms with van der Waals surface area (Å²) in [5, 5.41) is 8.48. The van der Waals surface area contributed by atoms with Gasteiger partial charge < -0.3 is 0 Å². The molecule has 0 saturated carbocycles. The molecular formula is C21H14BrN5O3S. The Morgan fingerprint density at radius 2 is 1.97 bits per heavy atom. The molecule has 31 heavy (non-hydrogen) atoms. The van der Waals surface area contributed by atoms with Crippen molar-refractivity contribution in [1.82, 2.24) is 20.0 Å². The molecule has 0 saturated heterocycles. The summed E-state index contributed by atoms with van der Waals surface area (Å²) in [5.41, 5.74) is 3.03. The van der Waals surface area contributed by atoms with Crippen LogP contribution in [0.2, 0.25) is 0 Å². The minimum absolute atomic E-state index is 0.0129. The van der Waals surface area contributed by atoms with E-state index in [1.54, 1.807) is 12.3 Å². The zero-order chi connectivity index (χ0) is 21.7. The Kier molecular flexibility index (Phi) is 4.75. The number of aromatic nitrogens is 4. The quantitative estimate of drug-likeness (QED) is 0.310. The maximum Gasteiger partial charge on any atom is 0.299 e. The number of nitrogens with zero attached hydrogens (tertiary/aromatic N) is 5. The van der Waals surface area contributed by atoms with E-state index < -0.39 is 11.7 Å². The summed E-state index contributed by atoms with van der Waals surface area (Å²) in [6, 6.07) is 11.2. The van der Waals surface area contributed by atoms with Gasteiger partial charge in [0.1, 0.15) is 12.2 Å². The minimum Gasteiger partial charge on any atom is -0.299 e. The van der Waals surface area contributed by atoms with E-state index in [9.17, 15) is 14.4 Å². The van der Waals surface area contributed by atoms with Gasteiger partial charge in [-0.25, -0.2) is 9.67 Å². The Balaban J connectivity index is 1.35. The number of halogens is 1. The lowest BCUT2D eigenvalue weighted by Crippen LogP contribution is -2.29. The van der Waals surface area contributed by atoms with Crippen molar-refractivity contribution in [3.63, 3.8) is 0 Å². The van der Waals surface area contributed by atoms with Gasteiger partial charge in [-0.2, -0.15) is 0 Å². The second-order valence-corrected chi connectivity index (χ2v) is 8.95. The monoisotopic (exact) mass is 495 g/mol. The Bertz CT molecular complexity index is 1360.